The molecule has 0 unspecified atom stereocenters. The van der Waals surface area contributed by atoms with Gasteiger partial charge in [-0.05, 0) is 37.6 Å². The average molecular weight is 302 g/mol. The van der Waals surface area contributed by atoms with Gasteiger partial charge >= 0.3 is 6.18 Å². The van der Waals surface area contributed by atoms with Gasteiger partial charge < -0.3 is 10.6 Å². The summed E-state index contributed by atoms with van der Waals surface area (Å²) < 4.78 is 37.2. The Kier molecular flexibility index (Phi) is 5.75. The third-order valence-corrected chi connectivity index (χ3v) is 2.76. The maximum atomic E-state index is 12.4. The third kappa shape index (κ3) is 5.09. The first-order valence-corrected chi connectivity index (χ1v) is 6.51. The van der Waals surface area contributed by atoms with E-state index in [0.29, 0.717) is 6.54 Å². The highest BCUT2D eigenvalue weighted by Gasteiger charge is 2.30. The lowest BCUT2D eigenvalue weighted by Crippen LogP contribution is -2.45. The van der Waals surface area contributed by atoms with E-state index in [2.05, 4.69) is 10.6 Å². The van der Waals surface area contributed by atoms with E-state index in [1.807, 2.05) is 6.92 Å². The third-order valence-electron chi connectivity index (χ3n) is 2.76. The fourth-order valence-electron chi connectivity index (χ4n) is 1.56. The zero-order valence-corrected chi connectivity index (χ0v) is 11.8. The van der Waals surface area contributed by atoms with Crippen LogP contribution in [0.25, 0.3) is 0 Å². The van der Waals surface area contributed by atoms with Crippen LogP contribution >= 0.6 is 0 Å². The van der Waals surface area contributed by atoms with Crippen LogP contribution in [0.4, 0.5) is 13.2 Å². The van der Waals surface area contributed by atoms with Gasteiger partial charge in [-0.1, -0.05) is 6.92 Å². The van der Waals surface area contributed by atoms with Gasteiger partial charge in [0.2, 0.25) is 5.91 Å². The molecule has 0 aliphatic carbocycles. The number of amides is 2. The summed E-state index contributed by atoms with van der Waals surface area (Å²) in [6.45, 7) is 3.90. The lowest BCUT2D eigenvalue weighted by atomic mass is 10.1. The van der Waals surface area contributed by atoms with Crippen LogP contribution in [0.2, 0.25) is 0 Å². The summed E-state index contributed by atoms with van der Waals surface area (Å²) in [4.78, 5) is 23.4. The Hall–Kier alpha value is -2.05. The summed E-state index contributed by atoms with van der Waals surface area (Å²) >= 11 is 0. The number of carbonyl (C=O) groups excluding carboxylic acids is 2. The normalized spacial score (nSPS) is 12.6. The van der Waals surface area contributed by atoms with Crippen LogP contribution in [0.5, 0.6) is 0 Å². The van der Waals surface area contributed by atoms with Crippen molar-refractivity contribution in [3.05, 3.63) is 35.4 Å². The summed E-state index contributed by atoms with van der Waals surface area (Å²) in [7, 11) is 0. The number of carbonyl (C=O) groups is 2. The van der Waals surface area contributed by atoms with E-state index in [1.165, 1.54) is 6.92 Å². The Morgan fingerprint density at radius 3 is 2.24 bits per heavy atom. The van der Waals surface area contributed by atoms with Crippen LogP contribution in [-0.2, 0) is 11.0 Å². The Morgan fingerprint density at radius 2 is 1.76 bits per heavy atom. The fourth-order valence-corrected chi connectivity index (χ4v) is 1.56. The van der Waals surface area contributed by atoms with E-state index in [9.17, 15) is 22.8 Å². The summed E-state index contributed by atoms with van der Waals surface area (Å²) in [6, 6.07) is 3.06. The van der Waals surface area contributed by atoms with Gasteiger partial charge in [-0.2, -0.15) is 13.2 Å². The molecule has 0 heterocycles. The largest absolute Gasteiger partial charge is 0.416 e. The lowest BCUT2D eigenvalue weighted by Gasteiger charge is -2.14. The molecular weight excluding hydrogens is 285 g/mol. The van der Waals surface area contributed by atoms with E-state index in [0.717, 1.165) is 30.7 Å². The van der Waals surface area contributed by atoms with Crippen molar-refractivity contribution >= 4 is 11.8 Å². The van der Waals surface area contributed by atoms with Crippen LogP contribution in [0.1, 0.15) is 36.2 Å². The van der Waals surface area contributed by atoms with Crippen molar-refractivity contribution in [2.24, 2.45) is 0 Å². The van der Waals surface area contributed by atoms with Crippen LogP contribution in [0.3, 0.4) is 0 Å². The maximum Gasteiger partial charge on any atom is 0.416 e. The molecule has 116 valence electrons. The van der Waals surface area contributed by atoms with Gasteiger partial charge in [0.05, 0.1) is 5.56 Å². The number of hydrogen-bond donors (Lipinski definition) is 2. The number of benzene rings is 1. The molecule has 1 rings (SSSR count). The first kappa shape index (κ1) is 17.0. The molecule has 0 aliphatic rings. The van der Waals surface area contributed by atoms with E-state index in [-0.39, 0.29) is 11.5 Å². The monoisotopic (exact) mass is 302 g/mol. The SMILES string of the molecule is CCCNC(=O)[C@@H](C)NC(=O)c1ccc(C(F)(F)F)cc1. The van der Waals surface area contributed by atoms with Gasteiger partial charge in [0.15, 0.2) is 0 Å². The van der Waals surface area contributed by atoms with Crippen LogP contribution in [-0.4, -0.2) is 24.4 Å². The van der Waals surface area contributed by atoms with E-state index >= 15 is 0 Å². The van der Waals surface area contributed by atoms with Crippen LogP contribution in [0.15, 0.2) is 24.3 Å². The first-order chi connectivity index (χ1) is 9.75. The molecule has 7 heteroatoms. The summed E-state index contributed by atoms with van der Waals surface area (Å²) in [5, 5.41) is 5.05. The molecule has 0 aliphatic heterocycles. The molecule has 21 heavy (non-hydrogen) atoms. The number of alkyl halides is 3. The topological polar surface area (TPSA) is 58.2 Å². The number of rotatable bonds is 5. The highest BCUT2D eigenvalue weighted by atomic mass is 19.4. The molecule has 0 aromatic heterocycles. The molecule has 2 amide bonds. The zero-order chi connectivity index (χ0) is 16.0. The van der Waals surface area contributed by atoms with Gasteiger partial charge in [0, 0.05) is 12.1 Å². The highest BCUT2D eigenvalue weighted by Crippen LogP contribution is 2.29. The van der Waals surface area contributed by atoms with Gasteiger partial charge in [0.1, 0.15) is 6.04 Å². The molecule has 1 atom stereocenters. The molecular formula is C14H17F3N2O2. The molecule has 1 aromatic rings. The summed E-state index contributed by atoms with van der Waals surface area (Å²) in [5.74, 6) is -0.931. The Bertz CT molecular complexity index is 498. The predicted octanol–water partition coefficient (Wildman–Crippen LogP) is 2.35. The molecule has 0 saturated heterocycles. The fraction of sp³-hybridized carbons (Fsp3) is 0.429. The van der Waals surface area contributed by atoms with Gasteiger partial charge in [0.25, 0.3) is 5.91 Å². The minimum atomic E-state index is -4.44. The number of nitrogens with one attached hydrogen (secondary N) is 2. The second-order valence-electron chi connectivity index (χ2n) is 4.56. The molecule has 0 fully saturated rings. The van der Waals surface area contributed by atoms with Gasteiger partial charge in [-0.25, -0.2) is 0 Å². The second kappa shape index (κ2) is 7.10. The molecule has 0 saturated carbocycles. The van der Waals surface area contributed by atoms with Crippen molar-refractivity contribution in [1.82, 2.24) is 10.6 Å². The smallest absolute Gasteiger partial charge is 0.354 e. The minimum Gasteiger partial charge on any atom is -0.354 e. The van der Waals surface area contributed by atoms with Crippen molar-refractivity contribution < 1.29 is 22.8 Å². The van der Waals surface area contributed by atoms with E-state index in [4.69, 9.17) is 0 Å². The standard InChI is InChI=1S/C14H17F3N2O2/c1-3-8-18-12(20)9(2)19-13(21)10-4-6-11(7-5-10)14(15,16)17/h4-7,9H,3,8H2,1-2H3,(H,18,20)(H,19,21)/t9-/m1/s1. The molecule has 0 bridgehead atoms. The van der Waals surface area contributed by atoms with Crippen LogP contribution in [0, 0.1) is 0 Å². The predicted molar refractivity (Wildman–Crippen MR) is 71.7 cm³/mol. The molecule has 0 spiro atoms. The molecule has 1 aromatic carbocycles. The summed E-state index contributed by atoms with van der Waals surface area (Å²) in [6.07, 6.45) is -3.67. The Labute approximate surface area is 120 Å². The average Bonchev–Trinajstić information content (AvgIpc) is 2.43. The Morgan fingerprint density at radius 1 is 1.19 bits per heavy atom. The van der Waals surface area contributed by atoms with Gasteiger partial charge in [-0.15, -0.1) is 0 Å². The molecule has 4 nitrogen and oxygen atoms in total. The lowest BCUT2D eigenvalue weighted by molar-refractivity contribution is -0.137. The minimum absolute atomic E-state index is 0.0677. The van der Waals surface area contributed by atoms with Gasteiger partial charge in [-0.3, -0.25) is 9.59 Å². The van der Waals surface area contributed by atoms with Crippen molar-refractivity contribution in [3.8, 4) is 0 Å². The van der Waals surface area contributed by atoms with Crippen molar-refractivity contribution in [2.45, 2.75) is 32.5 Å². The van der Waals surface area contributed by atoms with E-state index in [1.54, 1.807) is 0 Å². The Balaban J connectivity index is 2.65. The number of hydrogen-bond acceptors (Lipinski definition) is 2. The van der Waals surface area contributed by atoms with Crippen molar-refractivity contribution in [2.75, 3.05) is 6.54 Å². The van der Waals surface area contributed by atoms with Crippen molar-refractivity contribution in [3.63, 3.8) is 0 Å². The highest BCUT2D eigenvalue weighted by molar-refractivity contribution is 5.97. The van der Waals surface area contributed by atoms with Crippen LogP contribution < -0.4 is 10.6 Å². The number of halogens is 3. The maximum absolute atomic E-state index is 12.4. The molecule has 2 N–H and O–H groups in total. The van der Waals surface area contributed by atoms with Crippen molar-refractivity contribution in [1.29, 1.82) is 0 Å². The first-order valence-electron chi connectivity index (χ1n) is 6.51. The second-order valence-corrected chi connectivity index (χ2v) is 4.56. The quantitative estimate of drug-likeness (QED) is 0.877. The zero-order valence-electron chi connectivity index (χ0n) is 11.8. The van der Waals surface area contributed by atoms with E-state index < -0.39 is 23.7 Å². The summed E-state index contributed by atoms with van der Waals surface area (Å²) in [5.41, 5.74) is -0.758. The molecule has 0 radical (unpaired) electrons.